The summed E-state index contributed by atoms with van der Waals surface area (Å²) >= 11 is 0.982. The smallest absolute Gasteiger partial charge is 0.332 e. The molecule has 0 fully saturated rings. The minimum absolute atomic E-state index is 0.0190. The third-order valence-electron chi connectivity index (χ3n) is 1.17. The lowest BCUT2D eigenvalue weighted by Crippen LogP contribution is -2.24. The summed E-state index contributed by atoms with van der Waals surface area (Å²) < 4.78 is 0. The van der Waals surface area contributed by atoms with Crippen molar-refractivity contribution >= 4 is 28.6 Å². The highest BCUT2D eigenvalue weighted by atomic mass is 32.1. The minimum atomic E-state index is -0.786. The van der Waals surface area contributed by atoms with Crippen molar-refractivity contribution in [2.24, 2.45) is 10.8 Å². The topological polar surface area (TPSA) is 111 Å². The first-order valence-corrected chi connectivity index (χ1v) is 4.29. The van der Waals surface area contributed by atoms with Crippen LogP contribution in [-0.4, -0.2) is 17.2 Å². The second kappa shape index (κ2) is 4.33. The average Bonchev–Trinajstić information content (AvgIpc) is 2.52. The zero-order valence-corrected chi connectivity index (χ0v) is 7.65. The number of nitrogens with two attached hydrogens (primary N) is 1. The SMILES string of the molecule is NC(=O)N/N=C/c1csc([N+](=O)[O-])c1. The molecule has 7 nitrogen and oxygen atoms in total. The number of nitrogens with one attached hydrogen (secondary N) is 1. The number of hydrogen-bond donors (Lipinski definition) is 2. The van der Waals surface area contributed by atoms with Gasteiger partial charge in [0.25, 0.3) is 0 Å². The molecule has 3 N–H and O–H groups in total. The number of nitrogens with zero attached hydrogens (tertiary/aromatic N) is 2. The molecule has 0 atom stereocenters. The Morgan fingerprint density at radius 2 is 2.50 bits per heavy atom. The van der Waals surface area contributed by atoms with Gasteiger partial charge in [-0.05, 0) is 0 Å². The Morgan fingerprint density at radius 1 is 1.79 bits per heavy atom. The van der Waals surface area contributed by atoms with Crippen molar-refractivity contribution in [3.05, 3.63) is 27.1 Å². The van der Waals surface area contributed by atoms with Gasteiger partial charge in [0, 0.05) is 17.0 Å². The number of hydrazone groups is 1. The van der Waals surface area contributed by atoms with E-state index in [9.17, 15) is 14.9 Å². The molecule has 0 bridgehead atoms. The van der Waals surface area contributed by atoms with Gasteiger partial charge >= 0.3 is 11.0 Å². The lowest BCUT2D eigenvalue weighted by Gasteiger charge is -1.87. The summed E-state index contributed by atoms with van der Waals surface area (Å²) in [5, 5.41) is 15.3. The van der Waals surface area contributed by atoms with Gasteiger partial charge in [0.05, 0.1) is 11.1 Å². The molecule has 0 saturated heterocycles. The second-order valence-electron chi connectivity index (χ2n) is 2.21. The molecule has 1 aromatic heterocycles. The largest absolute Gasteiger partial charge is 0.350 e. The second-order valence-corrected chi connectivity index (χ2v) is 3.10. The van der Waals surface area contributed by atoms with Crippen LogP contribution < -0.4 is 11.2 Å². The van der Waals surface area contributed by atoms with Crippen molar-refractivity contribution in [2.75, 3.05) is 0 Å². The molecular formula is C6H6N4O3S. The highest BCUT2D eigenvalue weighted by molar-refractivity contribution is 7.13. The summed E-state index contributed by atoms with van der Waals surface area (Å²) in [5.74, 6) is 0. The first-order valence-electron chi connectivity index (χ1n) is 3.41. The number of amides is 2. The zero-order valence-electron chi connectivity index (χ0n) is 6.84. The molecule has 0 unspecified atom stereocenters. The van der Waals surface area contributed by atoms with Gasteiger partial charge in [0.15, 0.2) is 0 Å². The Hall–Kier alpha value is -1.96. The molecule has 1 heterocycles. The highest BCUT2D eigenvalue weighted by Gasteiger charge is 2.07. The monoisotopic (exact) mass is 214 g/mol. The van der Waals surface area contributed by atoms with E-state index in [1.807, 2.05) is 5.43 Å². The summed E-state index contributed by atoms with van der Waals surface area (Å²) in [6.45, 7) is 0. The van der Waals surface area contributed by atoms with Gasteiger partial charge in [-0.15, -0.1) is 0 Å². The van der Waals surface area contributed by atoms with Crippen molar-refractivity contribution in [2.45, 2.75) is 0 Å². The van der Waals surface area contributed by atoms with Crippen molar-refractivity contribution in [3.8, 4) is 0 Å². The third kappa shape index (κ3) is 2.83. The lowest BCUT2D eigenvalue weighted by molar-refractivity contribution is -0.380. The van der Waals surface area contributed by atoms with E-state index >= 15 is 0 Å². The number of thiophene rings is 1. The van der Waals surface area contributed by atoms with Crippen molar-refractivity contribution in [1.29, 1.82) is 0 Å². The molecule has 0 saturated carbocycles. The van der Waals surface area contributed by atoms with E-state index in [0.717, 1.165) is 11.3 Å². The fraction of sp³-hybridized carbons (Fsp3) is 0. The van der Waals surface area contributed by atoms with Crippen LogP contribution in [0.3, 0.4) is 0 Å². The molecule has 0 aromatic carbocycles. The van der Waals surface area contributed by atoms with Crippen LogP contribution in [0.15, 0.2) is 16.5 Å². The van der Waals surface area contributed by atoms with Crippen molar-refractivity contribution in [1.82, 2.24) is 5.43 Å². The van der Waals surface area contributed by atoms with E-state index in [1.54, 1.807) is 5.38 Å². The van der Waals surface area contributed by atoms with Gasteiger partial charge < -0.3 is 5.73 Å². The average molecular weight is 214 g/mol. The summed E-state index contributed by atoms with van der Waals surface area (Å²) in [6.07, 6.45) is 1.27. The molecule has 1 rings (SSSR count). The quantitative estimate of drug-likeness (QED) is 0.438. The fourth-order valence-electron chi connectivity index (χ4n) is 0.673. The predicted octanol–water partition coefficient (Wildman–Crippen LogP) is 0.658. The van der Waals surface area contributed by atoms with Crippen LogP contribution in [0.25, 0.3) is 0 Å². The number of nitro groups is 1. The molecule has 74 valence electrons. The fourth-order valence-corrected chi connectivity index (χ4v) is 1.35. The number of hydrogen-bond acceptors (Lipinski definition) is 5. The molecular weight excluding hydrogens is 208 g/mol. The number of carbonyl (C=O) groups excluding carboxylic acids is 1. The summed E-state index contributed by atoms with van der Waals surface area (Å²) in [5.41, 5.74) is 7.25. The maximum atomic E-state index is 10.3. The standard InChI is InChI=1S/C6H6N4O3S/c7-6(11)9-8-2-4-1-5(10(12)13)14-3-4/h1-3H,(H3,7,9,11)/b8-2+. The number of rotatable bonds is 3. The van der Waals surface area contributed by atoms with Gasteiger partial charge in [-0.3, -0.25) is 10.1 Å². The Morgan fingerprint density at radius 3 is 3.00 bits per heavy atom. The first-order chi connectivity index (χ1) is 6.59. The highest BCUT2D eigenvalue weighted by Crippen LogP contribution is 2.21. The molecule has 0 radical (unpaired) electrons. The van der Waals surface area contributed by atoms with Gasteiger partial charge in [0.1, 0.15) is 0 Å². The Bertz CT molecular complexity index is 386. The van der Waals surface area contributed by atoms with Crippen LogP contribution in [-0.2, 0) is 0 Å². The van der Waals surface area contributed by atoms with E-state index in [4.69, 9.17) is 5.73 Å². The van der Waals surface area contributed by atoms with Crippen molar-refractivity contribution < 1.29 is 9.72 Å². The molecule has 14 heavy (non-hydrogen) atoms. The van der Waals surface area contributed by atoms with E-state index in [1.165, 1.54) is 12.3 Å². The molecule has 0 spiro atoms. The van der Waals surface area contributed by atoms with Crippen LogP contribution in [0, 0.1) is 10.1 Å². The number of primary amides is 1. The van der Waals surface area contributed by atoms with Gasteiger partial charge in [-0.1, -0.05) is 11.3 Å². The summed E-state index contributed by atoms with van der Waals surface area (Å²) in [6, 6.07) is 0.558. The normalized spacial score (nSPS) is 10.3. The van der Waals surface area contributed by atoms with Crippen molar-refractivity contribution in [3.63, 3.8) is 0 Å². The summed E-state index contributed by atoms with van der Waals surface area (Å²) in [7, 11) is 0. The van der Waals surface area contributed by atoms with E-state index < -0.39 is 11.0 Å². The van der Waals surface area contributed by atoms with Crippen LogP contribution in [0.1, 0.15) is 5.56 Å². The molecule has 2 amide bonds. The van der Waals surface area contributed by atoms with E-state index in [2.05, 4.69) is 5.10 Å². The van der Waals surface area contributed by atoms with Crippen LogP contribution in [0.4, 0.5) is 9.80 Å². The Balaban J connectivity index is 2.64. The summed E-state index contributed by atoms with van der Waals surface area (Å²) in [4.78, 5) is 20.0. The number of carbonyl (C=O) groups is 1. The third-order valence-corrected chi connectivity index (χ3v) is 2.07. The van der Waals surface area contributed by atoms with Crippen LogP contribution >= 0.6 is 11.3 Å². The molecule has 1 aromatic rings. The maximum Gasteiger partial charge on any atom is 0.332 e. The maximum absolute atomic E-state index is 10.3. The molecule has 8 heteroatoms. The zero-order chi connectivity index (χ0) is 10.6. The molecule has 0 aliphatic rings. The van der Waals surface area contributed by atoms with Gasteiger partial charge in [0.2, 0.25) is 0 Å². The predicted molar refractivity (Wildman–Crippen MR) is 51.3 cm³/mol. The van der Waals surface area contributed by atoms with E-state index in [0.29, 0.717) is 5.56 Å². The Kier molecular flexibility index (Phi) is 3.13. The first kappa shape index (κ1) is 10.1. The molecule has 0 aliphatic carbocycles. The number of urea groups is 1. The lowest BCUT2D eigenvalue weighted by atomic mass is 10.4. The van der Waals surface area contributed by atoms with Gasteiger partial charge in [-0.25, -0.2) is 10.2 Å². The van der Waals surface area contributed by atoms with Crippen LogP contribution in [0.2, 0.25) is 0 Å². The van der Waals surface area contributed by atoms with Gasteiger partial charge in [-0.2, -0.15) is 5.10 Å². The minimum Gasteiger partial charge on any atom is -0.350 e. The van der Waals surface area contributed by atoms with Crippen LogP contribution in [0.5, 0.6) is 0 Å². The molecule has 0 aliphatic heterocycles. The van der Waals surface area contributed by atoms with E-state index in [-0.39, 0.29) is 5.00 Å². The Labute approximate surface area is 82.4 Å².